The lowest BCUT2D eigenvalue weighted by Crippen LogP contribution is -2.53. The van der Waals surface area contributed by atoms with Crippen molar-refractivity contribution in [3.8, 4) is 0 Å². The summed E-state index contributed by atoms with van der Waals surface area (Å²) in [5.41, 5.74) is 0.516. The van der Waals surface area contributed by atoms with E-state index >= 15 is 0 Å². The number of carbonyl (C=O) groups excluding carboxylic acids is 2. The number of rotatable bonds is 9. The second kappa shape index (κ2) is 11.3. The summed E-state index contributed by atoms with van der Waals surface area (Å²) in [6.07, 6.45) is 2.99. The molecule has 2 atom stereocenters. The molecule has 2 unspecified atom stereocenters. The molecule has 2 saturated heterocycles. The molecule has 1 aromatic carbocycles. The maximum absolute atomic E-state index is 14.6. The van der Waals surface area contributed by atoms with Crippen LogP contribution in [0, 0.1) is 5.82 Å². The van der Waals surface area contributed by atoms with Crippen LogP contribution in [0.1, 0.15) is 42.8 Å². The van der Waals surface area contributed by atoms with Gasteiger partial charge in [-0.25, -0.2) is 19.0 Å². The third kappa shape index (κ3) is 5.25. The van der Waals surface area contributed by atoms with E-state index in [1.165, 1.54) is 23.5 Å². The third-order valence-corrected chi connectivity index (χ3v) is 9.41. The van der Waals surface area contributed by atoms with Gasteiger partial charge in [-0.05, 0) is 25.8 Å². The van der Waals surface area contributed by atoms with Crippen molar-refractivity contribution in [3.05, 3.63) is 62.5 Å². The number of esters is 1. The molecule has 1 aromatic heterocycles. The van der Waals surface area contributed by atoms with Crippen LogP contribution < -0.4 is 5.32 Å². The number of amidine groups is 1. The van der Waals surface area contributed by atoms with E-state index in [4.69, 9.17) is 21.3 Å². The van der Waals surface area contributed by atoms with Crippen molar-refractivity contribution in [1.82, 2.24) is 25.0 Å². The number of amides is 2. The molecule has 11 nitrogen and oxygen atoms in total. The van der Waals surface area contributed by atoms with Crippen molar-refractivity contribution < 1.29 is 28.6 Å². The fraction of sp³-hybridized carbons (Fsp3) is 0.464. The smallest absolute Gasteiger partial charge is 0.338 e. The van der Waals surface area contributed by atoms with E-state index in [0.717, 1.165) is 0 Å². The summed E-state index contributed by atoms with van der Waals surface area (Å²) < 4.78 is 20.0. The third-order valence-electron chi connectivity index (χ3n) is 8.23. The van der Waals surface area contributed by atoms with Gasteiger partial charge in [0.2, 0.25) is 0 Å². The van der Waals surface area contributed by atoms with Gasteiger partial charge in [0.15, 0.2) is 10.8 Å². The number of ether oxygens (including phenoxy) is 1. The minimum Gasteiger partial charge on any atom is -0.481 e. The number of benzene rings is 1. The zero-order chi connectivity index (χ0) is 29.6. The Morgan fingerprint density at radius 1 is 1.29 bits per heavy atom. The highest BCUT2D eigenvalue weighted by atomic mass is 35.5. The number of aromatic nitrogens is 1. The largest absolute Gasteiger partial charge is 0.481 e. The Balaban J connectivity index is 1.31. The van der Waals surface area contributed by atoms with Gasteiger partial charge in [0.25, 0.3) is 0 Å². The number of nitrogens with one attached hydrogen (secondary N) is 1. The summed E-state index contributed by atoms with van der Waals surface area (Å²) in [6.45, 7) is 4.15. The molecular weight excluding hydrogens is 587 g/mol. The second-order valence-electron chi connectivity index (χ2n) is 10.9. The van der Waals surface area contributed by atoms with Gasteiger partial charge in [0.05, 0.1) is 35.2 Å². The zero-order valence-electron chi connectivity index (χ0n) is 22.9. The van der Waals surface area contributed by atoms with Gasteiger partial charge < -0.3 is 25.0 Å². The first-order valence-corrected chi connectivity index (χ1v) is 15.1. The number of hydrogen-bond donors (Lipinski definition) is 2. The summed E-state index contributed by atoms with van der Waals surface area (Å²) in [5, 5.41) is 15.0. The highest BCUT2D eigenvalue weighted by Crippen LogP contribution is 2.47. The summed E-state index contributed by atoms with van der Waals surface area (Å²) in [7, 11) is 0. The molecule has 4 heterocycles. The Hall–Kier alpha value is -3.55. The molecule has 4 aliphatic rings. The van der Waals surface area contributed by atoms with Crippen molar-refractivity contribution in [3.63, 3.8) is 0 Å². The van der Waals surface area contributed by atoms with Gasteiger partial charge in [0, 0.05) is 55.6 Å². The van der Waals surface area contributed by atoms with Gasteiger partial charge >= 0.3 is 18.0 Å². The molecule has 0 spiro atoms. The maximum Gasteiger partial charge on any atom is 0.338 e. The molecule has 3 aliphatic heterocycles. The summed E-state index contributed by atoms with van der Waals surface area (Å²) >= 11 is 7.78. The first-order chi connectivity index (χ1) is 20.2. The van der Waals surface area contributed by atoms with E-state index in [-0.39, 0.29) is 35.7 Å². The molecule has 0 radical (unpaired) electrons. The monoisotopic (exact) mass is 616 g/mol. The number of carbonyl (C=O) groups is 3. The Kier molecular flexibility index (Phi) is 7.66. The van der Waals surface area contributed by atoms with Gasteiger partial charge in [-0.3, -0.25) is 14.7 Å². The lowest BCUT2D eigenvalue weighted by Gasteiger charge is -2.38. The standard InChI is InChI=1S/C28H30ClFN6O5S/c1-2-41-26(39)21-19(32-24(25-31-8-11-42-25)33-23(21)17-4-3-5-18(30)22(17)29)15-34-9-10-35-16(13-34)14-36(27(35)40)28(6-7-28)12-20(37)38/h3-5,8,11,16,23H,2,6-7,9-10,12-15H2,1H3,(H,32,33)(H,37,38). The van der Waals surface area contributed by atoms with Crippen LogP contribution in [-0.2, 0) is 14.3 Å². The maximum atomic E-state index is 14.6. The van der Waals surface area contributed by atoms with E-state index in [1.807, 2.05) is 10.3 Å². The van der Waals surface area contributed by atoms with Crippen molar-refractivity contribution in [2.45, 2.75) is 43.8 Å². The predicted octanol–water partition coefficient (Wildman–Crippen LogP) is 3.27. The molecule has 2 amide bonds. The molecule has 0 bridgehead atoms. The van der Waals surface area contributed by atoms with Gasteiger partial charge in [-0.1, -0.05) is 23.7 Å². The molecule has 222 valence electrons. The Labute approximate surface area is 250 Å². The molecule has 6 rings (SSSR count). The molecule has 3 fully saturated rings. The number of aliphatic imine (C=N–C) groups is 1. The predicted molar refractivity (Wildman–Crippen MR) is 153 cm³/mol. The number of fused-ring (bicyclic) bond motifs is 1. The van der Waals surface area contributed by atoms with E-state index in [0.29, 0.717) is 67.7 Å². The lowest BCUT2D eigenvalue weighted by molar-refractivity contribution is -0.139. The van der Waals surface area contributed by atoms with Crippen LogP contribution in [-0.4, -0.2) is 99.5 Å². The number of halogens is 2. The molecule has 2 aromatic rings. The fourth-order valence-electron chi connectivity index (χ4n) is 6.08. The van der Waals surface area contributed by atoms with Crippen LogP contribution in [0.4, 0.5) is 9.18 Å². The molecular formula is C28H30ClFN6O5S. The number of nitrogens with zero attached hydrogens (tertiary/aromatic N) is 5. The first-order valence-electron chi connectivity index (χ1n) is 13.8. The van der Waals surface area contributed by atoms with Crippen molar-refractivity contribution in [2.75, 3.05) is 39.3 Å². The Morgan fingerprint density at radius 3 is 2.79 bits per heavy atom. The van der Waals surface area contributed by atoms with E-state index in [1.54, 1.807) is 24.1 Å². The van der Waals surface area contributed by atoms with Crippen LogP contribution in [0.15, 0.2) is 46.0 Å². The Morgan fingerprint density at radius 2 is 2.10 bits per heavy atom. The van der Waals surface area contributed by atoms with E-state index in [9.17, 15) is 23.9 Å². The number of thiazole rings is 1. The minimum absolute atomic E-state index is 0.0500. The second-order valence-corrected chi connectivity index (χ2v) is 12.1. The lowest BCUT2D eigenvalue weighted by atomic mass is 9.95. The number of aliphatic carboxylic acids is 1. The number of hydrogen-bond acceptors (Lipinski definition) is 9. The number of piperazine rings is 1. The number of carboxylic acid groups (broad SMARTS) is 1. The SMILES string of the molecule is CCOC(=O)C1=C(CN2CCN3C(=O)N(C4(CC(=O)O)CC4)CC3C2)NC(c2nccs2)=NC1c1cccc(F)c1Cl. The zero-order valence-corrected chi connectivity index (χ0v) is 24.5. The van der Waals surface area contributed by atoms with Crippen LogP contribution in [0.2, 0.25) is 5.02 Å². The summed E-state index contributed by atoms with van der Waals surface area (Å²) in [6, 6.07) is 3.26. The van der Waals surface area contributed by atoms with Gasteiger partial charge in [-0.15, -0.1) is 11.3 Å². The summed E-state index contributed by atoms with van der Waals surface area (Å²) in [5.74, 6) is -1.67. The van der Waals surface area contributed by atoms with Crippen LogP contribution in [0.3, 0.4) is 0 Å². The topological polar surface area (TPSA) is 128 Å². The van der Waals surface area contributed by atoms with Crippen molar-refractivity contribution in [1.29, 1.82) is 0 Å². The molecule has 2 N–H and O–H groups in total. The van der Waals surface area contributed by atoms with Gasteiger partial charge in [0.1, 0.15) is 11.9 Å². The fourth-order valence-corrected chi connectivity index (χ4v) is 6.90. The minimum atomic E-state index is -0.932. The number of carboxylic acids is 1. The average molecular weight is 617 g/mol. The molecule has 1 saturated carbocycles. The van der Waals surface area contributed by atoms with Crippen LogP contribution in [0.5, 0.6) is 0 Å². The average Bonchev–Trinajstić information content (AvgIpc) is 3.36. The van der Waals surface area contributed by atoms with Gasteiger partial charge in [-0.2, -0.15) is 0 Å². The van der Waals surface area contributed by atoms with Crippen LogP contribution in [0.25, 0.3) is 0 Å². The van der Waals surface area contributed by atoms with E-state index < -0.39 is 29.3 Å². The quantitative estimate of drug-likeness (QED) is 0.411. The molecule has 14 heteroatoms. The van der Waals surface area contributed by atoms with Crippen molar-refractivity contribution in [2.24, 2.45) is 4.99 Å². The number of urea groups is 1. The molecule has 42 heavy (non-hydrogen) atoms. The Bertz CT molecular complexity index is 1480. The van der Waals surface area contributed by atoms with Crippen LogP contribution >= 0.6 is 22.9 Å². The van der Waals surface area contributed by atoms with E-state index in [2.05, 4.69) is 15.2 Å². The summed E-state index contributed by atoms with van der Waals surface area (Å²) in [4.78, 5) is 53.0. The van der Waals surface area contributed by atoms with Crippen molar-refractivity contribution >= 4 is 46.7 Å². The highest BCUT2D eigenvalue weighted by molar-refractivity contribution is 7.11. The first kappa shape index (κ1) is 28.6. The molecule has 1 aliphatic carbocycles. The highest BCUT2D eigenvalue weighted by Gasteiger charge is 2.56. The normalized spacial score (nSPS) is 23.4.